The van der Waals surface area contributed by atoms with Gasteiger partial charge in [-0.2, -0.15) is 0 Å². The molecule has 0 saturated carbocycles. The van der Waals surface area contributed by atoms with Gasteiger partial charge in [-0.15, -0.1) is 0 Å². The molecule has 268 valence electrons. The third-order valence-corrected chi connectivity index (χ3v) is 15.7. The Kier molecular flexibility index (Phi) is 8.90. The van der Waals surface area contributed by atoms with Crippen LogP contribution in [0, 0.1) is 12.3 Å². The Morgan fingerprint density at radius 2 is 1.30 bits per heavy atom. The van der Waals surface area contributed by atoms with Gasteiger partial charge in [0.25, 0.3) is 0 Å². The van der Waals surface area contributed by atoms with E-state index in [1.54, 1.807) is 0 Å². The third-order valence-electron chi connectivity index (χ3n) is 10.3. The SMILES string of the molecule is Cc1c(CC(C)(C)C)ccc2c1[se]c1c(-c3cc(Oc4cc(-c5cc(C(C)(C)C)ccn5)c5[se]c6ccccc6c5c4)cc(C(C)(C)C)c3)nccc12. The van der Waals surface area contributed by atoms with Crippen LogP contribution in [0.3, 0.4) is 0 Å². The van der Waals surface area contributed by atoms with Crippen molar-refractivity contribution in [3.63, 3.8) is 0 Å². The first-order chi connectivity index (χ1) is 25.0. The van der Waals surface area contributed by atoms with Crippen molar-refractivity contribution in [2.45, 2.75) is 86.5 Å². The number of pyridine rings is 2. The molecule has 0 amide bonds. The van der Waals surface area contributed by atoms with Crippen LogP contribution in [-0.2, 0) is 17.3 Å². The summed E-state index contributed by atoms with van der Waals surface area (Å²) in [5.74, 6) is 1.66. The van der Waals surface area contributed by atoms with Crippen molar-refractivity contribution in [1.82, 2.24) is 9.97 Å². The Hall–Kier alpha value is -3.98. The summed E-state index contributed by atoms with van der Waals surface area (Å²) < 4.78 is 12.6. The fourth-order valence-corrected chi connectivity index (χ4v) is 12.7. The van der Waals surface area contributed by atoms with E-state index in [4.69, 9.17) is 14.7 Å². The third kappa shape index (κ3) is 6.94. The maximum atomic E-state index is 7.00. The molecule has 3 nitrogen and oxygen atoms in total. The van der Waals surface area contributed by atoms with E-state index < -0.39 is 0 Å². The standard InChI is InChI=1S/C48H48N2OSe2/c1-28-29(27-46(2,3)4)15-16-36-37-18-20-50-42(45(37)53-43(28)36)30-21-32(48(8,9)10)23-33(22-30)51-34-25-38-35-13-11-12-14-41(35)52-44(38)39(26-34)40-24-31(17-19-49-40)47(5,6)7/h11-26H,27H2,1-10H3. The fourth-order valence-electron chi connectivity index (χ4n) is 7.37. The Labute approximate surface area is 326 Å². The van der Waals surface area contributed by atoms with Crippen LogP contribution in [0.5, 0.6) is 11.5 Å². The zero-order valence-electron chi connectivity index (χ0n) is 32.6. The molecule has 8 aromatic rings. The summed E-state index contributed by atoms with van der Waals surface area (Å²) in [4.78, 5) is 10.0. The first-order valence-corrected chi connectivity index (χ1v) is 22.0. The number of rotatable bonds is 5. The van der Waals surface area contributed by atoms with Crippen molar-refractivity contribution in [2.75, 3.05) is 0 Å². The number of fused-ring (bicyclic) bond motifs is 6. The van der Waals surface area contributed by atoms with Gasteiger partial charge in [-0.3, -0.25) is 0 Å². The molecule has 8 rings (SSSR count). The molecule has 0 bridgehead atoms. The van der Waals surface area contributed by atoms with Gasteiger partial charge in [0.2, 0.25) is 0 Å². The molecule has 0 radical (unpaired) electrons. The maximum absolute atomic E-state index is 7.00. The summed E-state index contributed by atoms with van der Waals surface area (Å²) in [6.45, 7) is 22.9. The number of aryl methyl sites for hydroxylation is 1. The van der Waals surface area contributed by atoms with E-state index >= 15 is 0 Å². The summed E-state index contributed by atoms with van der Waals surface area (Å²) in [5.41, 5.74) is 9.95. The van der Waals surface area contributed by atoms with Gasteiger partial charge in [-0.05, 0) is 0 Å². The summed E-state index contributed by atoms with van der Waals surface area (Å²) in [6, 6.07) is 31.4. The second kappa shape index (κ2) is 13.1. The quantitative estimate of drug-likeness (QED) is 0.162. The van der Waals surface area contributed by atoms with Gasteiger partial charge < -0.3 is 0 Å². The van der Waals surface area contributed by atoms with Crippen LogP contribution in [0.1, 0.15) is 84.6 Å². The van der Waals surface area contributed by atoms with Gasteiger partial charge in [0, 0.05) is 0 Å². The second-order valence-electron chi connectivity index (χ2n) is 17.8. The normalized spacial score (nSPS) is 12.8. The molecule has 0 spiro atoms. The van der Waals surface area contributed by atoms with Crippen LogP contribution in [0.2, 0.25) is 0 Å². The minimum absolute atomic E-state index is 0.0224. The molecule has 0 aliphatic rings. The first kappa shape index (κ1) is 36.0. The molecule has 0 saturated heterocycles. The van der Waals surface area contributed by atoms with E-state index in [1.165, 1.54) is 60.8 Å². The molecular weight excluding hydrogens is 778 g/mol. The zero-order chi connectivity index (χ0) is 37.4. The van der Waals surface area contributed by atoms with Crippen molar-refractivity contribution >= 4 is 67.6 Å². The van der Waals surface area contributed by atoms with Crippen molar-refractivity contribution in [2.24, 2.45) is 5.41 Å². The molecule has 0 atom stereocenters. The van der Waals surface area contributed by atoms with Crippen LogP contribution >= 0.6 is 0 Å². The fraction of sp³-hybridized carbons (Fsp3) is 0.292. The molecule has 0 aliphatic heterocycles. The van der Waals surface area contributed by atoms with E-state index in [9.17, 15) is 0 Å². The molecule has 4 heterocycles. The van der Waals surface area contributed by atoms with E-state index in [0.717, 1.165) is 40.4 Å². The summed E-state index contributed by atoms with van der Waals surface area (Å²) in [6.07, 6.45) is 5.03. The number of ether oxygens (including phenoxy) is 1. The molecule has 53 heavy (non-hydrogen) atoms. The predicted octanol–water partition coefficient (Wildman–Crippen LogP) is 12.8. The monoisotopic (exact) mass is 828 g/mol. The van der Waals surface area contributed by atoms with Crippen LogP contribution in [-0.4, -0.2) is 39.0 Å². The van der Waals surface area contributed by atoms with Gasteiger partial charge in [-0.25, -0.2) is 0 Å². The van der Waals surface area contributed by atoms with Crippen LogP contribution in [0.25, 0.3) is 61.1 Å². The number of aromatic nitrogens is 2. The van der Waals surface area contributed by atoms with Gasteiger partial charge in [-0.1, -0.05) is 0 Å². The van der Waals surface area contributed by atoms with Crippen molar-refractivity contribution in [1.29, 1.82) is 0 Å². The minimum atomic E-state index is -0.0828. The number of hydrogen-bond acceptors (Lipinski definition) is 3. The Bertz CT molecular complexity index is 2690. The number of benzene rings is 4. The van der Waals surface area contributed by atoms with Crippen LogP contribution in [0.15, 0.2) is 97.3 Å². The van der Waals surface area contributed by atoms with Crippen LogP contribution < -0.4 is 4.74 Å². The van der Waals surface area contributed by atoms with Crippen molar-refractivity contribution in [3.8, 4) is 34.0 Å². The van der Waals surface area contributed by atoms with E-state index in [0.29, 0.717) is 0 Å². The molecule has 4 aromatic carbocycles. The van der Waals surface area contributed by atoms with Crippen LogP contribution in [0.4, 0.5) is 0 Å². The average molecular weight is 827 g/mol. The molecule has 0 fully saturated rings. The molecular formula is C48H48N2OSe2. The summed E-state index contributed by atoms with van der Waals surface area (Å²) in [7, 11) is 0. The summed E-state index contributed by atoms with van der Waals surface area (Å²) in [5, 5.41) is 5.26. The van der Waals surface area contributed by atoms with Crippen molar-refractivity contribution < 1.29 is 4.74 Å². The molecule has 0 aliphatic carbocycles. The molecule has 0 unspecified atom stereocenters. The Morgan fingerprint density at radius 3 is 2.06 bits per heavy atom. The second-order valence-corrected chi connectivity index (χ2v) is 22.2. The molecule has 5 heteroatoms. The van der Waals surface area contributed by atoms with Crippen molar-refractivity contribution in [3.05, 3.63) is 120 Å². The number of nitrogens with zero attached hydrogens (tertiary/aromatic N) is 2. The van der Waals surface area contributed by atoms with E-state index in [1.807, 2.05) is 12.4 Å². The van der Waals surface area contributed by atoms with E-state index in [-0.39, 0.29) is 45.3 Å². The average Bonchev–Trinajstić information content (AvgIpc) is 3.67. The first-order valence-electron chi connectivity index (χ1n) is 18.6. The Morgan fingerprint density at radius 1 is 0.585 bits per heavy atom. The van der Waals surface area contributed by atoms with Gasteiger partial charge >= 0.3 is 328 Å². The zero-order valence-corrected chi connectivity index (χ0v) is 36.0. The van der Waals surface area contributed by atoms with Gasteiger partial charge in [0.15, 0.2) is 0 Å². The predicted molar refractivity (Wildman–Crippen MR) is 229 cm³/mol. The van der Waals surface area contributed by atoms with Gasteiger partial charge in [0.1, 0.15) is 0 Å². The topological polar surface area (TPSA) is 35.0 Å². The Balaban J connectivity index is 1.29. The number of hydrogen-bond donors (Lipinski definition) is 0. The molecule has 4 aromatic heterocycles. The summed E-state index contributed by atoms with van der Waals surface area (Å²) >= 11 is 0.340. The van der Waals surface area contributed by atoms with Gasteiger partial charge in [0.05, 0.1) is 0 Å². The van der Waals surface area contributed by atoms with E-state index in [2.05, 4.69) is 154 Å². The molecule has 0 N–H and O–H groups in total.